The summed E-state index contributed by atoms with van der Waals surface area (Å²) >= 11 is 1.67. The maximum atomic E-state index is 5.86. The predicted octanol–water partition coefficient (Wildman–Crippen LogP) is 2.16. The molecule has 0 saturated carbocycles. The number of amidine groups is 1. The van der Waals surface area contributed by atoms with Gasteiger partial charge in [-0.05, 0) is 12.1 Å². The van der Waals surface area contributed by atoms with Crippen LogP contribution in [-0.2, 0) is 4.74 Å². The zero-order valence-electron chi connectivity index (χ0n) is 13.4. The fraction of sp³-hybridized carbons (Fsp3) is 0.412. The van der Waals surface area contributed by atoms with E-state index in [9.17, 15) is 0 Å². The number of nitrogens with one attached hydrogen (secondary N) is 1. The highest BCUT2D eigenvalue weighted by Gasteiger charge is 2.17. The van der Waals surface area contributed by atoms with E-state index in [1.54, 1.807) is 11.8 Å². The Labute approximate surface area is 144 Å². The molecule has 2 aliphatic rings. The second-order valence-electron chi connectivity index (χ2n) is 5.75. The van der Waals surface area contributed by atoms with E-state index in [1.807, 2.05) is 30.3 Å². The summed E-state index contributed by atoms with van der Waals surface area (Å²) in [6.45, 7) is 5.41. The van der Waals surface area contributed by atoms with E-state index >= 15 is 0 Å². The second-order valence-corrected chi connectivity index (χ2v) is 6.71. The number of aliphatic imine (C=N–C) groups is 1. The predicted molar refractivity (Wildman–Crippen MR) is 97.9 cm³/mol. The van der Waals surface area contributed by atoms with Crippen molar-refractivity contribution in [3.63, 3.8) is 0 Å². The lowest BCUT2D eigenvalue weighted by Gasteiger charge is -2.25. The maximum absolute atomic E-state index is 5.86. The second kappa shape index (κ2) is 7.38. The first kappa shape index (κ1) is 15.7. The van der Waals surface area contributed by atoms with E-state index in [1.165, 1.54) is 0 Å². The Kier molecular flexibility index (Phi) is 4.82. The third kappa shape index (κ3) is 3.63. The van der Waals surface area contributed by atoms with Crippen LogP contribution in [0.3, 0.4) is 0 Å². The van der Waals surface area contributed by atoms with Gasteiger partial charge >= 0.3 is 0 Å². The number of morpholine rings is 1. The van der Waals surface area contributed by atoms with Crippen LogP contribution in [0.1, 0.15) is 5.76 Å². The molecule has 126 valence electrons. The number of thioether (sulfide) groups is 1. The summed E-state index contributed by atoms with van der Waals surface area (Å²) in [4.78, 5) is 6.98. The van der Waals surface area contributed by atoms with Gasteiger partial charge in [0.05, 0.1) is 19.8 Å². The molecule has 1 fully saturated rings. The molecule has 0 atom stereocenters. The highest BCUT2D eigenvalue weighted by molar-refractivity contribution is 8.14. The standard InChI is InChI=1S/C17H20N4O2S/c1-2-4-15-13(3-1)11-16(23-15)14-12-24-17(20-19-14)18-5-6-21-7-9-22-10-8-21/h1-4,11H,5-10,12H2,(H,18,20). The van der Waals surface area contributed by atoms with Crippen molar-refractivity contribution in [2.24, 2.45) is 10.1 Å². The van der Waals surface area contributed by atoms with Crippen LogP contribution in [0.15, 0.2) is 44.8 Å². The van der Waals surface area contributed by atoms with Gasteiger partial charge in [-0.3, -0.25) is 15.3 Å². The first-order chi connectivity index (χ1) is 11.9. The van der Waals surface area contributed by atoms with Crippen LogP contribution < -0.4 is 5.43 Å². The van der Waals surface area contributed by atoms with Crippen molar-refractivity contribution in [1.82, 2.24) is 10.3 Å². The van der Waals surface area contributed by atoms with Crippen LogP contribution in [0.4, 0.5) is 0 Å². The Morgan fingerprint density at radius 3 is 2.92 bits per heavy atom. The lowest BCUT2D eigenvalue weighted by Crippen LogP contribution is -2.38. The van der Waals surface area contributed by atoms with Crippen LogP contribution in [0.5, 0.6) is 0 Å². The van der Waals surface area contributed by atoms with Gasteiger partial charge in [0.15, 0.2) is 10.9 Å². The van der Waals surface area contributed by atoms with Crippen molar-refractivity contribution >= 4 is 33.6 Å². The van der Waals surface area contributed by atoms with E-state index in [-0.39, 0.29) is 0 Å². The van der Waals surface area contributed by atoms with Crippen LogP contribution in [0.25, 0.3) is 11.0 Å². The minimum absolute atomic E-state index is 0.767. The van der Waals surface area contributed by atoms with Gasteiger partial charge in [0.1, 0.15) is 11.3 Å². The summed E-state index contributed by atoms with van der Waals surface area (Å²) in [6, 6.07) is 10.0. The molecule has 1 aromatic heterocycles. The Morgan fingerprint density at radius 1 is 1.25 bits per heavy atom. The smallest absolute Gasteiger partial charge is 0.177 e. The number of benzene rings is 1. The van der Waals surface area contributed by atoms with Gasteiger partial charge in [-0.25, -0.2) is 0 Å². The van der Waals surface area contributed by atoms with Crippen LogP contribution in [0.2, 0.25) is 0 Å². The molecule has 3 heterocycles. The SMILES string of the molecule is c1ccc2oc(C3=NNC(=NCCN4CCOCC4)SC3)cc2c1. The molecule has 1 aromatic carbocycles. The van der Waals surface area contributed by atoms with Crippen molar-refractivity contribution < 1.29 is 9.15 Å². The van der Waals surface area contributed by atoms with E-state index < -0.39 is 0 Å². The molecule has 0 unspecified atom stereocenters. The van der Waals surface area contributed by atoms with Crippen molar-refractivity contribution in [3.05, 3.63) is 36.1 Å². The average molecular weight is 344 g/mol. The van der Waals surface area contributed by atoms with Crippen LogP contribution in [0, 0.1) is 0 Å². The quantitative estimate of drug-likeness (QED) is 0.921. The van der Waals surface area contributed by atoms with Crippen molar-refractivity contribution in [3.8, 4) is 0 Å². The topological polar surface area (TPSA) is 62.4 Å². The molecule has 2 aliphatic heterocycles. The molecular formula is C17H20N4O2S. The normalized spacial score (nSPS) is 21.0. The number of nitrogens with zero attached hydrogens (tertiary/aromatic N) is 3. The number of furan rings is 1. The maximum Gasteiger partial charge on any atom is 0.177 e. The molecule has 2 aromatic rings. The first-order valence-corrected chi connectivity index (χ1v) is 9.16. The molecule has 4 rings (SSSR count). The van der Waals surface area contributed by atoms with E-state index in [0.29, 0.717) is 0 Å². The number of hydrazone groups is 1. The molecule has 1 saturated heterocycles. The molecular weight excluding hydrogens is 324 g/mol. The van der Waals surface area contributed by atoms with Crippen LogP contribution in [-0.4, -0.2) is 60.9 Å². The molecule has 0 amide bonds. The average Bonchev–Trinajstić information content (AvgIpc) is 3.07. The Bertz CT molecular complexity index is 732. The fourth-order valence-corrected chi connectivity index (χ4v) is 3.54. The molecule has 0 spiro atoms. The molecule has 0 radical (unpaired) electrons. The number of para-hydroxylation sites is 1. The molecule has 6 nitrogen and oxygen atoms in total. The number of hydrogen-bond donors (Lipinski definition) is 1. The van der Waals surface area contributed by atoms with E-state index in [0.717, 1.165) is 72.8 Å². The first-order valence-electron chi connectivity index (χ1n) is 8.17. The fourth-order valence-electron chi connectivity index (χ4n) is 2.77. The van der Waals surface area contributed by atoms with Gasteiger partial charge in [0, 0.05) is 30.8 Å². The molecule has 24 heavy (non-hydrogen) atoms. The third-order valence-electron chi connectivity index (χ3n) is 4.12. The zero-order chi connectivity index (χ0) is 16.2. The highest BCUT2D eigenvalue weighted by atomic mass is 32.2. The summed E-state index contributed by atoms with van der Waals surface area (Å²) < 4.78 is 11.2. The van der Waals surface area contributed by atoms with E-state index in [4.69, 9.17) is 9.15 Å². The minimum atomic E-state index is 0.767. The van der Waals surface area contributed by atoms with Gasteiger partial charge in [-0.15, -0.1) is 0 Å². The largest absolute Gasteiger partial charge is 0.455 e. The van der Waals surface area contributed by atoms with Gasteiger partial charge < -0.3 is 9.15 Å². The lowest BCUT2D eigenvalue weighted by molar-refractivity contribution is 0.0394. The zero-order valence-corrected chi connectivity index (χ0v) is 14.2. The summed E-state index contributed by atoms with van der Waals surface area (Å²) in [7, 11) is 0. The van der Waals surface area contributed by atoms with Gasteiger partial charge in [0.2, 0.25) is 0 Å². The minimum Gasteiger partial charge on any atom is -0.455 e. The van der Waals surface area contributed by atoms with Crippen molar-refractivity contribution in [2.45, 2.75) is 0 Å². The molecule has 0 aliphatic carbocycles. The number of rotatable bonds is 4. The summed E-state index contributed by atoms with van der Waals surface area (Å²) in [6.07, 6.45) is 0. The Morgan fingerprint density at radius 2 is 2.12 bits per heavy atom. The van der Waals surface area contributed by atoms with Crippen molar-refractivity contribution in [1.29, 1.82) is 0 Å². The van der Waals surface area contributed by atoms with Gasteiger partial charge in [-0.2, -0.15) is 5.10 Å². The number of fused-ring (bicyclic) bond motifs is 1. The summed E-state index contributed by atoms with van der Waals surface area (Å²) in [5.74, 6) is 1.59. The number of hydrogen-bond acceptors (Lipinski definition) is 6. The molecule has 1 N–H and O–H groups in total. The van der Waals surface area contributed by atoms with E-state index in [2.05, 4.69) is 20.4 Å². The Hall–Kier alpha value is -1.83. The lowest BCUT2D eigenvalue weighted by atomic mass is 10.2. The highest BCUT2D eigenvalue weighted by Crippen LogP contribution is 2.22. The summed E-state index contributed by atoms with van der Waals surface area (Å²) in [5, 5.41) is 6.41. The monoisotopic (exact) mass is 344 g/mol. The summed E-state index contributed by atoms with van der Waals surface area (Å²) in [5.41, 5.74) is 4.86. The Balaban J connectivity index is 1.35. The van der Waals surface area contributed by atoms with Crippen LogP contribution >= 0.6 is 11.8 Å². The molecule has 0 bridgehead atoms. The third-order valence-corrected chi connectivity index (χ3v) is 5.03. The van der Waals surface area contributed by atoms with Crippen molar-refractivity contribution in [2.75, 3.05) is 45.1 Å². The number of ether oxygens (including phenoxy) is 1. The van der Waals surface area contributed by atoms with Gasteiger partial charge in [-0.1, -0.05) is 30.0 Å². The van der Waals surface area contributed by atoms with Gasteiger partial charge in [0.25, 0.3) is 0 Å². The molecule has 7 heteroatoms.